The quantitative estimate of drug-likeness (QED) is 0.770. The fraction of sp³-hybridized carbons (Fsp3) is 0.562. The lowest BCUT2D eigenvalue weighted by Crippen LogP contribution is -2.43. The van der Waals surface area contributed by atoms with Gasteiger partial charge in [0.25, 0.3) is 5.91 Å². The number of morpholine rings is 1. The van der Waals surface area contributed by atoms with Crippen molar-refractivity contribution in [1.82, 2.24) is 10.6 Å². The Morgan fingerprint density at radius 1 is 1.52 bits per heavy atom. The number of aryl methyl sites for hydroxylation is 1. The van der Waals surface area contributed by atoms with Gasteiger partial charge in [0.15, 0.2) is 0 Å². The zero-order chi connectivity index (χ0) is 15.2. The molecule has 3 N–H and O–H groups in total. The standard InChI is InChI=1S/C16H25N3O2/c1-11-4-5-13(16(20)17-3)9-15(11)19-12(2)8-14-10-21-7-6-18-14/h4-5,9,12,14,18-19H,6-8,10H2,1-3H3,(H,17,20). The van der Waals surface area contributed by atoms with Gasteiger partial charge in [-0.1, -0.05) is 6.07 Å². The largest absolute Gasteiger partial charge is 0.382 e. The first-order chi connectivity index (χ1) is 10.1. The number of amides is 1. The normalized spacial score (nSPS) is 19.9. The second-order valence-electron chi connectivity index (χ2n) is 5.62. The number of ether oxygens (including phenoxy) is 1. The average molecular weight is 291 g/mol. The molecule has 2 atom stereocenters. The Balaban J connectivity index is 1.98. The molecule has 2 rings (SSSR count). The van der Waals surface area contributed by atoms with Crippen molar-refractivity contribution in [2.75, 3.05) is 32.1 Å². The summed E-state index contributed by atoms with van der Waals surface area (Å²) in [6.07, 6.45) is 0.990. The molecule has 0 aromatic heterocycles. The van der Waals surface area contributed by atoms with Crippen molar-refractivity contribution < 1.29 is 9.53 Å². The second-order valence-corrected chi connectivity index (χ2v) is 5.62. The third-order valence-corrected chi connectivity index (χ3v) is 3.77. The molecule has 0 bridgehead atoms. The van der Waals surface area contributed by atoms with Gasteiger partial charge < -0.3 is 20.7 Å². The first kappa shape index (κ1) is 15.8. The average Bonchev–Trinajstić information content (AvgIpc) is 2.49. The van der Waals surface area contributed by atoms with Crippen LogP contribution in [0.15, 0.2) is 18.2 Å². The summed E-state index contributed by atoms with van der Waals surface area (Å²) in [4.78, 5) is 11.7. The molecule has 2 unspecified atom stereocenters. The Bertz CT molecular complexity index is 484. The van der Waals surface area contributed by atoms with Crippen molar-refractivity contribution in [1.29, 1.82) is 0 Å². The molecular weight excluding hydrogens is 266 g/mol. The molecule has 0 radical (unpaired) electrons. The summed E-state index contributed by atoms with van der Waals surface area (Å²) < 4.78 is 5.48. The molecule has 1 aromatic rings. The predicted octanol–water partition coefficient (Wildman–Crippen LogP) is 1.53. The third kappa shape index (κ3) is 4.44. The van der Waals surface area contributed by atoms with Gasteiger partial charge in [-0.15, -0.1) is 0 Å². The van der Waals surface area contributed by atoms with Gasteiger partial charge in [-0.25, -0.2) is 0 Å². The lowest BCUT2D eigenvalue weighted by atomic mass is 10.1. The van der Waals surface area contributed by atoms with Gasteiger partial charge in [-0.2, -0.15) is 0 Å². The molecular formula is C16H25N3O2. The topological polar surface area (TPSA) is 62.4 Å². The molecule has 1 amide bonds. The molecule has 116 valence electrons. The van der Waals surface area contributed by atoms with Crippen LogP contribution in [0.3, 0.4) is 0 Å². The molecule has 1 fully saturated rings. The first-order valence-electron chi connectivity index (χ1n) is 7.50. The van der Waals surface area contributed by atoms with E-state index in [-0.39, 0.29) is 5.91 Å². The zero-order valence-corrected chi connectivity index (χ0v) is 13.0. The van der Waals surface area contributed by atoms with Crippen LogP contribution in [-0.4, -0.2) is 44.8 Å². The highest BCUT2D eigenvalue weighted by molar-refractivity contribution is 5.95. The van der Waals surface area contributed by atoms with Crippen LogP contribution in [0, 0.1) is 6.92 Å². The highest BCUT2D eigenvalue weighted by Crippen LogP contribution is 2.19. The lowest BCUT2D eigenvalue weighted by molar-refractivity contribution is 0.0731. The van der Waals surface area contributed by atoms with E-state index in [0.717, 1.165) is 37.4 Å². The molecule has 21 heavy (non-hydrogen) atoms. The summed E-state index contributed by atoms with van der Waals surface area (Å²) in [6.45, 7) is 6.68. The summed E-state index contributed by atoms with van der Waals surface area (Å²) in [5.41, 5.74) is 2.83. The van der Waals surface area contributed by atoms with Crippen molar-refractivity contribution in [3.63, 3.8) is 0 Å². The van der Waals surface area contributed by atoms with E-state index in [4.69, 9.17) is 4.74 Å². The van der Waals surface area contributed by atoms with E-state index < -0.39 is 0 Å². The Morgan fingerprint density at radius 3 is 3.00 bits per heavy atom. The zero-order valence-electron chi connectivity index (χ0n) is 13.0. The number of benzene rings is 1. The monoisotopic (exact) mass is 291 g/mol. The van der Waals surface area contributed by atoms with E-state index in [1.807, 2.05) is 25.1 Å². The summed E-state index contributed by atoms with van der Waals surface area (Å²) in [5, 5.41) is 9.61. The van der Waals surface area contributed by atoms with Crippen molar-refractivity contribution in [2.24, 2.45) is 0 Å². The van der Waals surface area contributed by atoms with Crippen molar-refractivity contribution in [3.05, 3.63) is 29.3 Å². The first-order valence-corrected chi connectivity index (χ1v) is 7.50. The molecule has 5 heteroatoms. The Labute approximate surface area is 126 Å². The van der Waals surface area contributed by atoms with Crippen molar-refractivity contribution in [3.8, 4) is 0 Å². The van der Waals surface area contributed by atoms with Crippen LogP contribution in [0.4, 0.5) is 5.69 Å². The number of anilines is 1. The maximum Gasteiger partial charge on any atom is 0.251 e. The molecule has 1 saturated heterocycles. The van der Waals surface area contributed by atoms with Gasteiger partial charge in [-0.05, 0) is 38.0 Å². The minimum absolute atomic E-state index is 0.0620. The number of carbonyl (C=O) groups is 1. The van der Waals surface area contributed by atoms with E-state index in [1.54, 1.807) is 7.05 Å². The fourth-order valence-electron chi connectivity index (χ4n) is 2.59. The smallest absolute Gasteiger partial charge is 0.251 e. The van der Waals surface area contributed by atoms with Gasteiger partial charge in [0.05, 0.1) is 13.2 Å². The summed E-state index contributed by atoms with van der Waals surface area (Å²) in [5.74, 6) is -0.0620. The van der Waals surface area contributed by atoms with Crippen LogP contribution in [0.2, 0.25) is 0 Å². The molecule has 5 nitrogen and oxygen atoms in total. The molecule has 1 aliphatic heterocycles. The summed E-state index contributed by atoms with van der Waals surface area (Å²) >= 11 is 0. The molecule has 0 saturated carbocycles. The lowest BCUT2D eigenvalue weighted by Gasteiger charge is -2.27. The molecule has 1 aliphatic rings. The van der Waals surface area contributed by atoms with Gasteiger partial charge in [0.1, 0.15) is 0 Å². The van der Waals surface area contributed by atoms with E-state index in [2.05, 4.69) is 22.9 Å². The molecule has 0 aliphatic carbocycles. The number of nitrogens with one attached hydrogen (secondary N) is 3. The van der Waals surface area contributed by atoms with Crippen LogP contribution >= 0.6 is 0 Å². The Kier molecular flexibility index (Phi) is 5.59. The Hall–Kier alpha value is -1.59. The number of rotatable bonds is 5. The van der Waals surface area contributed by atoms with Gasteiger partial charge in [-0.3, -0.25) is 4.79 Å². The summed E-state index contributed by atoms with van der Waals surface area (Å²) in [6, 6.07) is 6.43. The van der Waals surface area contributed by atoms with Gasteiger partial charge >= 0.3 is 0 Å². The highest BCUT2D eigenvalue weighted by Gasteiger charge is 2.17. The fourth-order valence-corrected chi connectivity index (χ4v) is 2.59. The van der Waals surface area contributed by atoms with E-state index >= 15 is 0 Å². The van der Waals surface area contributed by atoms with E-state index in [1.165, 1.54) is 0 Å². The van der Waals surface area contributed by atoms with Crippen LogP contribution in [0.25, 0.3) is 0 Å². The van der Waals surface area contributed by atoms with Crippen molar-refractivity contribution >= 4 is 11.6 Å². The van der Waals surface area contributed by atoms with Crippen LogP contribution in [0.1, 0.15) is 29.3 Å². The highest BCUT2D eigenvalue weighted by atomic mass is 16.5. The van der Waals surface area contributed by atoms with Gasteiger partial charge in [0.2, 0.25) is 0 Å². The van der Waals surface area contributed by atoms with Crippen molar-refractivity contribution in [2.45, 2.75) is 32.4 Å². The summed E-state index contributed by atoms with van der Waals surface area (Å²) in [7, 11) is 1.65. The number of carbonyl (C=O) groups excluding carboxylic acids is 1. The van der Waals surface area contributed by atoms with Crippen LogP contribution in [-0.2, 0) is 4.74 Å². The SMILES string of the molecule is CNC(=O)c1ccc(C)c(NC(C)CC2COCCN2)c1. The third-order valence-electron chi connectivity index (χ3n) is 3.77. The molecule has 0 spiro atoms. The van der Waals surface area contributed by atoms with Gasteiger partial charge in [0, 0.05) is 36.9 Å². The maximum absolute atomic E-state index is 11.7. The number of hydrogen-bond donors (Lipinski definition) is 3. The van der Waals surface area contributed by atoms with E-state index in [0.29, 0.717) is 17.6 Å². The number of hydrogen-bond acceptors (Lipinski definition) is 4. The minimum atomic E-state index is -0.0620. The predicted molar refractivity (Wildman–Crippen MR) is 84.9 cm³/mol. The molecule has 1 heterocycles. The van der Waals surface area contributed by atoms with Crippen LogP contribution < -0.4 is 16.0 Å². The van der Waals surface area contributed by atoms with Crippen LogP contribution in [0.5, 0.6) is 0 Å². The second kappa shape index (κ2) is 7.43. The van der Waals surface area contributed by atoms with E-state index in [9.17, 15) is 4.79 Å². The Morgan fingerprint density at radius 2 is 2.33 bits per heavy atom. The minimum Gasteiger partial charge on any atom is -0.382 e. The maximum atomic E-state index is 11.7. The molecule has 1 aromatic carbocycles.